The van der Waals surface area contributed by atoms with E-state index >= 15 is 0 Å². The third-order valence-electron chi connectivity index (χ3n) is 9.04. The van der Waals surface area contributed by atoms with Crippen LogP contribution in [0.25, 0.3) is 21.0 Å². The molecule has 4 aromatic rings. The first-order valence-electron chi connectivity index (χ1n) is 14.8. The maximum absolute atomic E-state index is 14.5. The zero-order chi connectivity index (χ0) is 32.0. The monoisotopic (exact) mass is 637 g/mol. The number of Topliss-reactive ketones (excluding diaryl/α,β-unsaturated/α-hetero) is 1. The fraction of sp³-hybridized carbons (Fsp3) is 0.469. The minimum absolute atomic E-state index is 0.0565. The first-order valence-corrected chi connectivity index (χ1v) is 15.6. The number of ether oxygens (including phenoxy) is 3. The minimum Gasteiger partial charge on any atom is -0.496 e. The molecule has 238 valence electrons. The Hall–Kier alpha value is -4.07. The van der Waals surface area contributed by atoms with Crippen LogP contribution in [0.15, 0.2) is 50.7 Å². The van der Waals surface area contributed by atoms with Crippen LogP contribution in [-0.2, 0) is 31.1 Å². The molecule has 0 amide bonds. The molecule has 4 atom stereocenters. The van der Waals surface area contributed by atoms with Crippen molar-refractivity contribution in [3.05, 3.63) is 68.7 Å². The largest absolute Gasteiger partial charge is 0.496 e. The lowest BCUT2D eigenvalue weighted by atomic mass is 9.95. The molecule has 6 rings (SSSR count). The zero-order valence-corrected chi connectivity index (χ0v) is 26.3. The van der Waals surface area contributed by atoms with Crippen LogP contribution in [0.2, 0.25) is 0 Å². The zero-order valence-electron chi connectivity index (χ0n) is 25.5. The number of methoxy groups -OCH3 is 1. The molecule has 4 heterocycles. The normalized spacial score (nSPS) is 20.3. The molecule has 3 aromatic heterocycles. The van der Waals surface area contributed by atoms with Gasteiger partial charge in [0.25, 0.3) is 5.56 Å². The minimum atomic E-state index is -2.14. The molecule has 2 aliphatic rings. The van der Waals surface area contributed by atoms with Crippen LogP contribution in [0.5, 0.6) is 5.75 Å². The number of oxazole rings is 1. The molecule has 0 spiro atoms. The molecule has 1 saturated carbocycles. The number of carboxylic acid groups (broad SMARTS) is 1. The number of carbonyl (C=O) groups excluding carboxylic acids is 1. The summed E-state index contributed by atoms with van der Waals surface area (Å²) in [6.07, 6.45) is 3.14. The van der Waals surface area contributed by atoms with Gasteiger partial charge in [-0.25, -0.2) is 19.1 Å². The molecular weight excluding hydrogens is 602 g/mol. The Balaban J connectivity index is 1.57. The molecule has 0 bridgehead atoms. The molecule has 2 fully saturated rings. The van der Waals surface area contributed by atoms with Gasteiger partial charge in [0.05, 0.1) is 36.2 Å². The van der Waals surface area contributed by atoms with Gasteiger partial charge in [0.1, 0.15) is 28.7 Å². The van der Waals surface area contributed by atoms with E-state index in [-0.39, 0.29) is 23.9 Å². The fourth-order valence-electron chi connectivity index (χ4n) is 6.81. The van der Waals surface area contributed by atoms with E-state index < -0.39 is 41.1 Å². The highest BCUT2D eigenvalue weighted by molar-refractivity contribution is 7.22. The summed E-state index contributed by atoms with van der Waals surface area (Å²) in [7, 11) is 1.56. The average molecular weight is 638 g/mol. The summed E-state index contributed by atoms with van der Waals surface area (Å²) in [6, 6.07) is 7.38. The van der Waals surface area contributed by atoms with Crippen molar-refractivity contribution >= 4 is 33.3 Å². The lowest BCUT2D eigenvalue weighted by molar-refractivity contribution is -0.149. The van der Waals surface area contributed by atoms with E-state index in [1.807, 2.05) is 24.3 Å². The number of hydrogen-bond donors (Lipinski definition) is 1. The summed E-state index contributed by atoms with van der Waals surface area (Å²) >= 11 is 1.16. The number of aliphatic carboxylic acids is 1. The van der Waals surface area contributed by atoms with Crippen molar-refractivity contribution in [1.82, 2.24) is 14.1 Å². The molecule has 13 heteroatoms. The first kappa shape index (κ1) is 30.9. The van der Waals surface area contributed by atoms with Crippen molar-refractivity contribution in [2.75, 3.05) is 20.3 Å². The smallest absolute Gasteiger partial charge is 0.333 e. The van der Waals surface area contributed by atoms with Gasteiger partial charge in [-0.05, 0) is 57.1 Å². The first-order chi connectivity index (χ1) is 21.5. The Labute approximate surface area is 262 Å². The fourth-order valence-corrected chi connectivity index (χ4v) is 8.05. The molecule has 1 N–H and O–H groups in total. The Morgan fingerprint density at radius 3 is 2.53 bits per heavy atom. The Morgan fingerprint density at radius 1 is 1.20 bits per heavy atom. The molecule has 1 aliphatic carbocycles. The molecule has 12 nitrogen and oxygen atoms in total. The molecule has 0 radical (unpaired) electrons. The van der Waals surface area contributed by atoms with Gasteiger partial charge >= 0.3 is 11.7 Å². The maximum Gasteiger partial charge on any atom is 0.333 e. The van der Waals surface area contributed by atoms with E-state index in [2.05, 4.69) is 4.98 Å². The van der Waals surface area contributed by atoms with Crippen LogP contribution in [0.3, 0.4) is 0 Å². The van der Waals surface area contributed by atoms with Gasteiger partial charge in [-0.2, -0.15) is 0 Å². The predicted octanol–water partition coefficient (Wildman–Crippen LogP) is 4.16. The van der Waals surface area contributed by atoms with Crippen molar-refractivity contribution in [3.63, 3.8) is 0 Å². The van der Waals surface area contributed by atoms with Gasteiger partial charge in [-0.3, -0.25) is 14.2 Å². The SMILES string of the molecule is COc1ccccc1[C@H](Cn1c(=O)n(C(C)(CC(C)=O)C(=O)O)c(=O)c2c(C)c(-c3ncco3)sc21)OC1C[C@H]2COC[C@@H]2C1. The predicted molar refractivity (Wildman–Crippen MR) is 165 cm³/mol. The molecular formula is C32H35N3O9S. The number of nitrogens with zero attached hydrogens (tertiary/aromatic N) is 3. The number of benzene rings is 1. The van der Waals surface area contributed by atoms with Gasteiger partial charge in [0.15, 0.2) is 5.54 Å². The van der Waals surface area contributed by atoms with Crippen molar-refractivity contribution in [1.29, 1.82) is 0 Å². The number of aromatic nitrogens is 3. The lowest BCUT2D eigenvalue weighted by Crippen LogP contribution is -2.55. The highest BCUT2D eigenvalue weighted by Crippen LogP contribution is 2.42. The molecule has 45 heavy (non-hydrogen) atoms. The van der Waals surface area contributed by atoms with Crippen LogP contribution < -0.4 is 16.0 Å². The number of carbonyl (C=O) groups is 2. The van der Waals surface area contributed by atoms with E-state index in [9.17, 15) is 24.3 Å². The lowest BCUT2D eigenvalue weighted by Gasteiger charge is -2.29. The van der Waals surface area contributed by atoms with Crippen molar-refractivity contribution in [2.45, 2.75) is 64.3 Å². The number of thiophene rings is 1. The number of para-hydroxylation sites is 1. The second-order valence-electron chi connectivity index (χ2n) is 12.1. The second kappa shape index (κ2) is 12.0. The molecule has 1 saturated heterocycles. The molecule has 1 aliphatic heterocycles. The maximum atomic E-state index is 14.5. The van der Waals surface area contributed by atoms with Crippen molar-refractivity contribution in [2.24, 2.45) is 11.8 Å². The number of rotatable bonds is 11. The number of carboxylic acids is 1. The van der Waals surface area contributed by atoms with Crippen LogP contribution in [0.1, 0.15) is 50.3 Å². The standard InChI is InChI=1S/C32H35N3O9S/c1-17(36)13-32(3,30(38)39)35-28(37)25-18(2)26(27-33-9-10-43-27)45-29(25)34(31(35)40)14-24(22-7-5-6-8-23(22)41-4)44-21-11-19-15-42-16-20(19)12-21/h5-10,19-21,24H,11-16H2,1-4H3,(H,38,39)/t19-,20-,24-,32?/m0/s1. The number of hydrogen-bond acceptors (Lipinski definition) is 10. The van der Waals surface area contributed by atoms with Crippen molar-refractivity contribution in [3.8, 4) is 16.5 Å². The highest BCUT2D eigenvalue weighted by Gasteiger charge is 2.43. The van der Waals surface area contributed by atoms with Gasteiger partial charge in [-0.15, -0.1) is 11.3 Å². The summed E-state index contributed by atoms with van der Waals surface area (Å²) in [6.45, 7) is 5.48. The summed E-state index contributed by atoms with van der Waals surface area (Å²) < 4.78 is 25.8. The van der Waals surface area contributed by atoms with Crippen LogP contribution in [0, 0.1) is 18.8 Å². The van der Waals surface area contributed by atoms with Crippen molar-refractivity contribution < 1.29 is 33.3 Å². The van der Waals surface area contributed by atoms with Crippen LogP contribution in [0.4, 0.5) is 0 Å². The van der Waals surface area contributed by atoms with Crippen LogP contribution >= 0.6 is 11.3 Å². The quantitative estimate of drug-likeness (QED) is 0.254. The molecule has 1 unspecified atom stereocenters. The third-order valence-corrected chi connectivity index (χ3v) is 10.3. The van der Waals surface area contributed by atoms with Gasteiger partial charge < -0.3 is 23.7 Å². The van der Waals surface area contributed by atoms with E-state index in [4.69, 9.17) is 18.6 Å². The summed E-state index contributed by atoms with van der Waals surface area (Å²) in [5.74, 6) is -0.323. The Kier molecular flexibility index (Phi) is 8.27. The van der Waals surface area contributed by atoms with Gasteiger partial charge in [0.2, 0.25) is 5.89 Å². The van der Waals surface area contributed by atoms with Gasteiger partial charge in [0, 0.05) is 25.2 Å². The van der Waals surface area contributed by atoms with E-state index in [1.54, 1.807) is 14.0 Å². The Morgan fingerprint density at radius 2 is 1.91 bits per heavy atom. The third kappa shape index (κ3) is 5.42. The summed E-state index contributed by atoms with van der Waals surface area (Å²) in [5, 5.41) is 10.5. The Bertz CT molecular complexity index is 1860. The number of aryl methyl sites for hydroxylation is 1. The summed E-state index contributed by atoms with van der Waals surface area (Å²) in [5.41, 5.74) is -2.62. The number of ketones is 1. The summed E-state index contributed by atoms with van der Waals surface area (Å²) in [4.78, 5) is 58.7. The topological polar surface area (TPSA) is 152 Å². The highest BCUT2D eigenvalue weighted by atomic mass is 32.1. The van der Waals surface area contributed by atoms with Crippen LogP contribution in [-0.4, -0.2) is 57.4 Å². The number of fused-ring (bicyclic) bond motifs is 2. The van der Waals surface area contributed by atoms with Gasteiger partial charge in [-0.1, -0.05) is 18.2 Å². The molecule has 1 aromatic carbocycles. The van der Waals surface area contributed by atoms with E-state index in [0.29, 0.717) is 56.2 Å². The van der Waals surface area contributed by atoms with E-state index in [1.165, 1.54) is 30.9 Å². The van der Waals surface area contributed by atoms with E-state index in [0.717, 1.165) is 24.2 Å². The average Bonchev–Trinajstić information content (AvgIpc) is 3.79. The second-order valence-corrected chi connectivity index (χ2v) is 13.1.